The molecule has 0 rings (SSSR count). The number of carbonyl (C=O) groups is 1. The summed E-state index contributed by atoms with van der Waals surface area (Å²) in [6.07, 6.45) is 4.94. The van der Waals surface area contributed by atoms with Crippen molar-refractivity contribution in [1.29, 1.82) is 0 Å². The average Bonchev–Trinajstić information content (AvgIpc) is 2.01. The molecule has 0 N–H and O–H groups in total. The van der Waals surface area contributed by atoms with Crippen LogP contribution in [0.25, 0.3) is 0 Å². The fraction of sp³-hybridized carbons (Fsp3) is 0.500. The monoisotopic (exact) mass is 168 g/mol. The predicted molar refractivity (Wildman–Crippen MR) is 49.8 cm³/mol. The van der Waals surface area contributed by atoms with Crippen LogP contribution in [-0.4, -0.2) is 12.6 Å². The zero-order valence-corrected chi connectivity index (χ0v) is 7.80. The molecule has 0 atom stereocenters. The SMILES string of the molecule is C=CCOC(=O)CC(C)=CCC. The van der Waals surface area contributed by atoms with E-state index in [4.69, 9.17) is 4.74 Å². The van der Waals surface area contributed by atoms with Crippen LogP contribution in [0.2, 0.25) is 0 Å². The Morgan fingerprint density at radius 2 is 2.25 bits per heavy atom. The van der Waals surface area contributed by atoms with Crippen LogP contribution in [0, 0.1) is 0 Å². The molecule has 0 aliphatic heterocycles. The molecule has 12 heavy (non-hydrogen) atoms. The van der Waals surface area contributed by atoms with Crippen LogP contribution in [-0.2, 0) is 9.53 Å². The molecule has 0 bridgehead atoms. The molecule has 0 heterocycles. The van der Waals surface area contributed by atoms with Gasteiger partial charge in [0, 0.05) is 0 Å². The van der Waals surface area contributed by atoms with Gasteiger partial charge in [0.15, 0.2) is 0 Å². The molecule has 2 nitrogen and oxygen atoms in total. The number of rotatable bonds is 5. The van der Waals surface area contributed by atoms with Gasteiger partial charge in [-0.05, 0) is 13.3 Å². The van der Waals surface area contributed by atoms with Crippen molar-refractivity contribution >= 4 is 5.97 Å². The first-order valence-corrected chi connectivity index (χ1v) is 4.12. The molecule has 0 radical (unpaired) electrons. The van der Waals surface area contributed by atoms with Crippen molar-refractivity contribution in [3.8, 4) is 0 Å². The van der Waals surface area contributed by atoms with Gasteiger partial charge in [0.1, 0.15) is 6.61 Å². The van der Waals surface area contributed by atoms with Crippen molar-refractivity contribution in [2.24, 2.45) is 0 Å². The predicted octanol–water partition coefficient (Wildman–Crippen LogP) is 2.46. The van der Waals surface area contributed by atoms with Gasteiger partial charge in [0.25, 0.3) is 0 Å². The molecule has 0 saturated carbocycles. The van der Waals surface area contributed by atoms with Crippen molar-refractivity contribution in [1.82, 2.24) is 0 Å². The van der Waals surface area contributed by atoms with E-state index in [1.165, 1.54) is 0 Å². The second kappa shape index (κ2) is 6.65. The zero-order chi connectivity index (χ0) is 9.40. The lowest BCUT2D eigenvalue weighted by Crippen LogP contribution is -2.04. The average molecular weight is 168 g/mol. The van der Waals surface area contributed by atoms with E-state index in [9.17, 15) is 4.79 Å². The Kier molecular flexibility index (Phi) is 6.07. The van der Waals surface area contributed by atoms with Gasteiger partial charge in [-0.3, -0.25) is 4.79 Å². The van der Waals surface area contributed by atoms with Crippen LogP contribution in [0.1, 0.15) is 26.7 Å². The Labute approximate surface area is 73.9 Å². The van der Waals surface area contributed by atoms with Crippen molar-refractivity contribution in [3.63, 3.8) is 0 Å². The third-order valence-electron chi connectivity index (χ3n) is 1.34. The lowest BCUT2D eigenvalue weighted by molar-refractivity contribution is -0.141. The smallest absolute Gasteiger partial charge is 0.310 e. The number of ether oxygens (including phenoxy) is 1. The molecular weight excluding hydrogens is 152 g/mol. The fourth-order valence-corrected chi connectivity index (χ4v) is 0.851. The van der Waals surface area contributed by atoms with Crippen LogP contribution in [0.3, 0.4) is 0 Å². The molecule has 0 spiro atoms. The number of hydrogen-bond acceptors (Lipinski definition) is 2. The van der Waals surface area contributed by atoms with Gasteiger partial charge >= 0.3 is 5.97 Å². The van der Waals surface area contributed by atoms with Crippen LogP contribution >= 0.6 is 0 Å². The third kappa shape index (κ3) is 5.71. The zero-order valence-electron chi connectivity index (χ0n) is 7.80. The lowest BCUT2D eigenvalue weighted by Gasteiger charge is -2.01. The van der Waals surface area contributed by atoms with Crippen LogP contribution < -0.4 is 0 Å². The highest BCUT2D eigenvalue weighted by molar-refractivity contribution is 5.72. The van der Waals surface area contributed by atoms with Crippen molar-refractivity contribution in [2.45, 2.75) is 26.7 Å². The molecular formula is C10H16O2. The van der Waals surface area contributed by atoms with Gasteiger partial charge in [-0.2, -0.15) is 0 Å². The van der Waals surface area contributed by atoms with E-state index >= 15 is 0 Å². The molecule has 0 unspecified atom stereocenters. The highest BCUT2D eigenvalue weighted by Gasteiger charge is 2.01. The van der Waals surface area contributed by atoms with Gasteiger partial charge in [-0.1, -0.05) is 31.2 Å². The van der Waals surface area contributed by atoms with Crippen molar-refractivity contribution < 1.29 is 9.53 Å². The van der Waals surface area contributed by atoms with Gasteiger partial charge in [0.2, 0.25) is 0 Å². The third-order valence-corrected chi connectivity index (χ3v) is 1.34. The summed E-state index contributed by atoms with van der Waals surface area (Å²) in [5.74, 6) is -0.183. The topological polar surface area (TPSA) is 26.3 Å². The molecule has 0 saturated heterocycles. The number of carbonyl (C=O) groups excluding carboxylic acids is 1. The standard InChI is InChI=1S/C10H16O2/c1-4-6-9(3)8-10(11)12-7-5-2/h5-6H,2,4,7-8H2,1,3H3. The molecule has 68 valence electrons. The summed E-state index contributed by atoms with van der Waals surface area (Å²) < 4.78 is 4.81. The summed E-state index contributed by atoms with van der Waals surface area (Å²) in [6, 6.07) is 0. The quantitative estimate of drug-likeness (QED) is 0.465. The normalized spacial score (nSPS) is 11.0. The highest BCUT2D eigenvalue weighted by Crippen LogP contribution is 2.02. The van der Waals surface area contributed by atoms with Crippen molar-refractivity contribution in [3.05, 3.63) is 24.3 Å². The van der Waals surface area contributed by atoms with Gasteiger partial charge in [0.05, 0.1) is 6.42 Å². The summed E-state index contributed by atoms with van der Waals surface area (Å²) in [4.78, 5) is 11.0. The minimum absolute atomic E-state index is 0.183. The maximum Gasteiger partial charge on any atom is 0.310 e. The minimum Gasteiger partial charge on any atom is -0.461 e. The van der Waals surface area contributed by atoms with Crippen molar-refractivity contribution in [2.75, 3.05) is 6.61 Å². The summed E-state index contributed by atoms with van der Waals surface area (Å²) in [6.45, 7) is 7.73. The summed E-state index contributed by atoms with van der Waals surface area (Å²) in [5.41, 5.74) is 1.06. The Hall–Kier alpha value is -1.05. The largest absolute Gasteiger partial charge is 0.461 e. The Morgan fingerprint density at radius 1 is 1.58 bits per heavy atom. The molecule has 0 aromatic rings. The van der Waals surface area contributed by atoms with E-state index in [-0.39, 0.29) is 5.97 Å². The van der Waals surface area contributed by atoms with Gasteiger partial charge < -0.3 is 4.74 Å². The summed E-state index contributed by atoms with van der Waals surface area (Å²) in [5, 5.41) is 0. The molecule has 0 fully saturated rings. The Bertz CT molecular complexity index is 180. The lowest BCUT2D eigenvalue weighted by atomic mass is 10.2. The molecule has 0 amide bonds. The molecule has 0 aromatic carbocycles. The fourth-order valence-electron chi connectivity index (χ4n) is 0.851. The summed E-state index contributed by atoms with van der Waals surface area (Å²) in [7, 11) is 0. The first kappa shape index (κ1) is 11.0. The van der Waals surface area contributed by atoms with Crippen LogP contribution in [0.5, 0.6) is 0 Å². The summed E-state index contributed by atoms with van der Waals surface area (Å²) >= 11 is 0. The van der Waals surface area contributed by atoms with Gasteiger partial charge in [-0.15, -0.1) is 0 Å². The minimum atomic E-state index is -0.183. The number of allylic oxidation sites excluding steroid dienone is 1. The van der Waals surface area contributed by atoms with E-state index < -0.39 is 0 Å². The van der Waals surface area contributed by atoms with E-state index in [1.54, 1.807) is 6.08 Å². The van der Waals surface area contributed by atoms with Crippen LogP contribution in [0.15, 0.2) is 24.3 Å². The highest BCUT2D eigenvalue weighted by atomic mass is 16.5. The van der Waals surface area contributed by atoms with Gasteiger partial charge in [-0.25, -0.2) is 0 Å². The Balaban J connectivity index is 3.68. The molecule has 0 aliphatic carbocycles. The Morgan fingerprint density at radius 3 is 2.75 bits per heavy atom. The number of esters is 1. The molecule has 0 aromatic heterocycles. The maximum atomic E-state index is 11.0. The van der Waals surface area contributed by atoms with E-state index in [2.05, 4.69) is 6.58 Å². The second-order valence-electron chi connectivity index (χ2n) is 2.61. The first-order valence-electron chi connectivity index (χ1n) is 4.12. The van der Waals surface area contributed by atoms with E-state index in [1.807, 2.05) is 19.9 Å². The second-order valence-corrected chi connectivity index (χ2v) is 2.61. The maximum absolute atomic E-state index is 11.0. The molecule has 2 heteroatoms. The first-order chi connectivity index (χ1) is 5.70. The van der Waals surface area contributed by atoms with E-state index in [0.717, 1.165) is 12.0 Å². The number of hydrogen-bond donors (Lipinski definition) is 0. The van der Waals surface area contributed by atoms with Crippen LogP contribution in [0.4, 0.5) is 0 Å². The van der Waals surface area contributed by atoms with E-state index in [0.29, 0.717) is 13.0 Å². The molecule has 0 aliphatic rings.